The molecule has 0 amide bonds. The lowest BCUT2D eigenvalue weighted by Gasteiger charge is -2.30. The number of aliphatic imine (C=N–C) groups is 1. The molecule has 1 aliphatic rings. The summed E-state index contributed by atoms with van der Waals surface area (Å²) in [6.07, 6.45) is 0.737. The summed E-state index contributed by atoms with van der Waals surface area (Å²) in [5.74, 6) is 1.61. The molecule has 0 unspecified atom stereocenters. The van der Waals surface area contributed by atoms with Gasteiger partial charge in [0.25, 0.3) is 0 Å². The highest BCUT2D eigenvalue weighted by molar-refractivity contribution is 5.87. The molecule has 0 aromatic heterocycles. The number of halogens is 1. The molecule has 1 heterocycles. The van der Waals surface area contributed by atoms with E-state index in [0.29, 0.717) is 0 Å². The van der Waals surface area contributed by atoms with Crippen molar-refractivity contribution in [1.82, 2.24) is 10.2 Å². The van der Waals surface area contributed by atoms with E-state index in [2.05, 4.69) is 22.3 Å². The predicted octanol–water partition coefficient (Wildman–Crippen LogP) is 3.01. The van der Waals surface area contributed by atoms with E-state index in [1.807, 2.05) is 12.1 Å². The average molecular weight is 327 g/mol. The molecule has 1 aliphatic heterocycles. The number of rotatable bonds is 4. The first-order chi connectivity index (χ1) is 11.7. The number of nitrogens with zero attached hydrogens (tertiary/aromatic N) is 2. The van der Waals surface area contributed by atoms with Crippen molar-refractivity contribution in [2.24, 2.45) is 4.99 Å². The Morgan fingerprint density at radius 2 is 1.75 bits per heavy atom. The fraction of sp³-hybridized carbons (Fsp3) is 0.316. The number of hydrogen-bond donors (Lipinski definition) is 1. The van der Waals surface area contributed by atoms with Crippen LogP contribution in [0.15, 0.2) is 53.5 Å². The normalized spacial score (nSPS) is 15.4. The van der Waals surface area contributed by atoms with E-state index in [1.54, 1.807) is 19.2 Å². The average Bonchev–Trinajstić information content (AvgIpc) is 2.64. The minimum atomic E-state index is -0.243. The van der Waals surface area contributed by atoms with Gasteiger partial charge in [0.1, 0.15) is 17.4 Å². The standard InChI is InChI=1S/C19H22FN3O/c1-24-18-8-2-15(3-9-18)14-19(23-12-10-21-11-13-23)22-17-6-4-16(20)5-7-17/h2-9,21H,10-14H2,1H3. The molecule has 0 aliphatic carbocycles. The Morgan fingerprint density at radius 3 is 2.38 bits per heavy atom. The molecule has 0 bridgehead atoms. The zero-order valence-corrected chi connectivity index (χ0v) is 13.8. The lowest BCUT2D eigenvalue weighted by Crippen LogP contribution is -2.47. The molecule has 126 valence electrons. The Labute approximate surface area is 142 Å². The lowest BCUT2D eigenvalue weighted by molar-refractivity contribution is 0.353. The van der Waals surface area contributed by atoms with Crippen molar-refractivity contribution >= 4 is 11.5 Å². The van der Waals surface area contributed by atoms with Crippen LogP contribution in [0.4, 0.5) is 10.1 Å². The van der Waals surface area contributed by atoms with Crippen LogP contribution in [0.3, 0.4) is 0 Å². The highest BCUT2D eigenvalue weighted by atomic mass is 19.1. The van der Waals surface area contributed by atoms with Crippen LogP contribution in [0, 0.1) is 5.82 Å². The molecule has 0 spiro atoms. The van der Waals surface area contributed by atoms with Crippen molar-refractivity contribution in [2.75, 3.05) is 33.3 Å². The highest BCUT2D eigenvalue weighted by Crippen LogP contribution is 2.17. The van der Waals surface area contributed by atoms with Gasteiger partial charge < -0.3 is 15.0 Å². The second kappa shape index (κ2) is 7.93. The quantitative estimate of drug-likeness (QED) is 0.693. The van der Waals surface area contributed by atoms with Gasteiger partial charge in [0.2, 0.25) is 0 Å². The fourth-order valence-electron chi connectivity index (χ4n) is 2.74. The summed E-state index contributed by atoms with van der Waals surface area (Å²) in [4.78, 5) is 7.07. The molecule has 24 heavy (non-hydrogen) atoms. The molecule has 1 saturated heterocycles. The number of ether oxygens (including phenoxy) is 1. The van der Waals surface area contributed by atoms with Crippen molar-refractivity contribution in [3.05, 3.63) is 59.9 Å². The third kappa shape index (κ3) is 4.32. The van der Waals surface area contributed by atoms with E-state index in [1.165, 1.54) is 17.7 Å². The molecular formula is C19H22FN3O. The second-order valence-corrected chi connectivity index (χ2v) is 5.77. The molecule has 4 nitrogen and oxygen atoms in total. The van der Waals surface area contributed by atoms with Crippen LogP contribution in [0.5, 0.6) is 5.75 Å². The van der Waals surface area contributed by atoms with E-state index >= 15 is 0 Å². The van der Waals surface area contributed by atoms with E-state index in [0.717, 1.165) is 49.9 Å². The lowest BCUT2D eigenvalue weighted by atomic mass is 10.1. The van der Waals surface area contributed by atoms with Crippen LogP contribution in [-0.4, -0.2) is 44.0 Å². The van der Waals surface area contributed by atoms with Gasteiger partial charge in [-0.15, -0.1) is 0 Å². The van der Waals surface area contributed by atoms with Crippen molar-refractivity contribution < 1.29 is 9.13 Å². The Kier molecular flexibility index (Phi) is 5.43. The Morgan fingerprint density at radius 1 is 1.08 bits per heavy atom. The van der Waals surface area contributed by atoms with Crippen LogP contribution < -0.4 is 10.1 Å². The molecule has 2 aromatic rings. The summed E-state index contributed by atoms with van der Waals surface area (Å²) >= 11 is 0. The molecule has 1 fully saturated rings. The summed E-state index contributed by atoms with van der Waals surface area (Å²) in [7, 11) is 1.66. The topological polar surface area (TPSA) is 36.9 Å². The number of nitrogens with one attached hydrogen (secondary N) is 1. The number of benzene rings is 2. The number of amidine groups is 1. The zero-order chi connectivity index (χ0) is 16.8. The number of hydrogen-bond acceptors (Lipinski definition) is 3. The van der Waals surface area contributed by atoms with E-state index in [-0.39, 0.29) is 5.82 Å². The Balaban J connectivity index is 1.84. The maximum absolute atomic E-state index is 13.1. The van der Waals surface area contributed by atoms with Crippen LogP contribution in [0.25, 0.3) is 0 Å². The molecule has 5 heteroatoms. The van der Waals surface area contributed by atoms with Crippen molar-refractivity contribution in [1.29, 1.82) is 0 Å². The minimum Gasteiger partial charge on any atom is -0.497 e. The summed E-state index contributed by atoms with van der Waals surface area (Å²) in [5, 5.41) is 3.36. The third-order valence-electron chi connectivity index (χ3n) is 4.09. The molecule has 2 aromatic carbocycles. The van der Waals surface area contributed by atoms with Gasteiger partial charge in [-0.25, -0.2) is 9.38 Å². The molecule has 3 rings (SSSR count). The maximum atomic E-state index is 13.1. The molecule has 0 radical (unpaired) electrons. The second-order valence-electron chi connectivity index (χ2n) is 5.77. The maximum Gasteiger partial charge on any atom is 0.123 e. The zero-order valence-electron chi connectivity index (χ0n) is 13.8. The monoisotopic (exact) mass is 327 g/mol. The predicted molar refractivity (Wildman–Crippen MR) is 94.6 cm³/mol. The van der Waals surface area contributed by atoms with Gasteiger partial charge in [0, 0.05) is 32.6 Å². The smallest absolute Gasteiger partial charge is 0.123 e. The highest BCUT2D eigenvalue weighted by Gasteiger charge is 2.15. The molecule has 0 atom stereocenters. The van der Waals surface area contributed by atoms with E-state index in [9.17, 15) is 4.39 Å². The Bertz CT molecular complexity index is 677. The van der Waals surface area contributed by atoms with Gasteiger partial charge >= 0.3 is 0 Å². The van der Waals surface area contributed by atoms with Gasteiger partial charge in [-0.05, 0) is 42.0 Å². The molecule has 1 N–H and O–H groups in total. The van der Waals surface area contributed by atoms with Crippen LogP contribution in [0.2, 0.25) is 0 Å². The van der Waals surface area contributed by atoms with E-state index < -0.39 is 0 Å². The SMILES string of the molecule is COc1ccc(CC(=Nc2ccc(F)cc2)N2CCNCC2)cc1. The molecule has 0 saturated carbocycles. The van der Waals surface area contributed by atoms with Gasteiger partial charge in [0.15, 0.2) is 0 Å². The summed E-state index contributed by atoms with van der Waals surface area (Å²) < 4.78 is 18.3. The van der Waals surface area contributed by atoms with Crippen LogP contribution in [0.1, 0.15) is 5.56 Å². The van der Waals surface area contributed by atoms with Crippen molar-refractivity contribution in [2.45, 2.75) is 6.42 Å². The third-order valence-corrected chi connectivity index (χ3v) is 4.09. The van der Waals surface area contributed by atoms with Crippen molar-refractivity contribution in [3.8, 4) is 5.75 Å². The van der Waals surface area contributed by atoms with Crippen LogP contribution in [-0.2, 0) is 6.42 Å². The number of methoxy groups -OCH3 is 1. The number of piperazine rings is 1. The van der Waals surface area contributed by atoms with Gasteiger partial charge in [0.05, 0.1) is 12.8 Å². The first-order valence-corrected chi connectivity index (χ1v) is 8.16. The Hall–Kier alpha value is -2.40. The molecular weight excluding hydrogens is 305 g/mol. The van der Waals surface area contributed by atoms with Gasteiger partial charge in [-0.2, -0.15) is 0 Å². The first kappa shape index (κ1) is 16.5. The fourth-order valence-corrected chi connectivity index (χ4v) is 2.74. The van der Waals surface area contributed by atoms with Crippen LogP contribution >= 0.6 is 0 Å². The van der Waals surface area contributed by atoms with Gasteiger partial charge in [-0.1, -0.05) is 12.1 Å². The summed E-state index contributed by atoms with van der Waals surface area (Å²) in [6, 6.07) is 14.4. The summed E-state index contributed by atoms with van der Waals surface area (Å²) in [6.45, 7) is 3.75. The minimum absolute atomic E-state index is 0.243. The van der Waals surface area contributed by atoms with Crippen molar-refractivity contribution in [3.63, 3.8) is 0 Å². The van der Waals surface area contributed by atoms with Gasteiger partial charge in [-0.3, -0.25) is 0 Å². The van der Waals surface area contributed by atoms with E-state index in [4.69, 9.17) is 9.73 Å². The first-order valence-electron chi connectivity index (χ1n) is 8.16. The largest absolute Gasteiger partial charge is 0.497 e. The summed E-state index contributed by atoms with van der Waals surface area (Å²) in [5.41, 5.74) is 1.95.